The molecule has 4 aliphatic heterocycles. The largest absolute Gasteiger partial charge is 0.465 e. The van der Waals surface area contributed by atoms with Crippen molar-refractivity contribution >= 4 is 29.5 Å². The van der Waals surface area contributed by atoms with Crippen molar-refractivity contribution < 1.29 is 24.2 Å². The maximum Gasteiger partial charge on any atom is 0.311 e. The van der Waals surface area contributed by atoms with Gasteiger partial charge in [-0.15, -0.1) is 11.8 Å². The summed E-state index contributed by atoms with van der Waals surface area (Å²) >= 11 is 1.53. The highest BCUT2D eigenvalue weighted by molar-refractivity contribution is 8.02. The Morgan fingerprint density at radius 2 is 2.00 bits per heavy atom. The molecular formula is C23H32N2O5S. The summed E-state index contributed by atoms with van der Waals surface area (Å²) < 4.78 is 4.67. The van der Waals surface area contributed by atoms with Crippen LogP contribution < -0.4 is 0 Å². The zero-order chi connectivity index (χ0) is 22.6. The smallest absolute Gasteiger partial charge is 0.311 e. The van der Waals surface area contributed by atoms with Gasteiger partial charge in [0.1, 0.15) is 6.04 Å². The van der Waals surface area contributed by atoms with Crippen LogP contribution in [0.5, 0.6) is 0 Å². The average molecular weight is 449 g/mol. The van der Waals surface area contributed by atoms with Gasteiger partial charge < -0.3 is 19.6 Å². The minimum Gasteiger partial charge on any atom is -0.465 e. The van der Waals surface area contributed by atoms with Gasteiger partial charge in [0.2, 0.25) is 11.8 Å². The number of cyclic esters (lactones) is 1. The quantitative estimate of drug-likeness (QED) is 0.512. The maximum atomic E-state index is 13.9. The first kappa shape index (κ1) is 22.4. The average Bonchev–Trinajstić information content (AvgIpc) is 3.11. The molecule has 170 valence electrons. The van der Waals surface area contributed by atoms with Crippen LogP contribution in [0.4, 0.5) is 0 Å². The lowest BCUT2D eigenvalue weighted by Crippen LogP contribution is -2.59. The molecule has 0 aromatic heterocycles. The van der Waals surface area contributed by atoms with Crippen molar-refractivity contribution in [3.63, 3.8) is 0 Å². The topological polar surface area (TPSA) is 87.2 Å². The molecule has 2 amide bonds. The van der Waals surface area contributed by atoms with Crippen LogP contribution in [0, 0.1) is 11.8 Å². The third-order valence-electron chi connectivity index (χ3n) is 6.84. The first-order valence-corrected chi connectivity index (χ1v) is 11.9. The lowest BCUT2D eigenvalue weighted by atomic mass is 9.78. The van der Waals surface area contributed by atoms with Crippen molar-refractivity contribution in [2.45, 2.75) is 68.2 Å². The van der Waals surface area contributed by atoms with E-state index in [0.29, 0.717) is 13.2 Å². The molecule has 31 heavy (non-hydrogen) atoms. The number of amides is 2. The molecule has 4 rings (SSSR count). The Morgan fingerprint density at radius 1 is 1.26 bits per heavy atom. The van der Waals surface area contributed by atoms with Crippen LogP contribution in [0.15, 0.2) is 24.3 Å². The summed E-state index contributed by atoms with van der Waals surface area (Å²) in [5.41, 5.74) is -0.427. The second-order valence-corrected chi connectivity index (χ2v) is 11.4. The van der Waals surface area contributed by atoms with Gasteiger partial charge in [0.05, 0.1) is 35.8 Å². The van der Waals surface area contributed by atoms with Crippen LogP contribution in [0.25, 0.3) is 0 Å². The van der Waals surface area contributed by atoms with Gasteiger partial charge in [-0.25, -0.2) is 0 Å². The molecule has 0 radical (unpaired) electrons. The monoisotopic (exact) mass is 448 g/mol. The lowest BCUT2D eigenvalue weighted by molar-refractivity contribution is -0.153. The Bertz CT molecular complexity index is 834. The highest BCUT2D eigenvalue weighted by atomic mass is 32.2. The zero-order valence-electron chi connectivity index (χ0n) is 18.6. The molecule has 1 N–H and O–H groups in total. The van der Waals surface area contributed by atoms with Crippen LogP contribution in [-0.4, -0.2) is 80.1 Å². The zero-order valence-corrected chi connectivity index (χ0v) is 19.4. The van der Waals surface area contributed by atoms with Gasteiger partial charge in [-0.2, -0.15) is 0 Å². The van der Waals surface area contributed by atoms with Gasteiger partial charge in [-0.3, -0.25) is 14.4 Å². The minimum atomic E-state index is -0.866. The highest BCUT2D eigenvalue weighted by Crippen LogP contribution is 2.61. The van der Waals surface area contributed by atoms with Crippen LogP contribution in [0.3, 0.4) is 0 Å². The molecule has 7 nitrogen and oxygen atoms in total. The van der Waals surface area contributed by atoms with Crippen molar-refractivity contribution in [2.24, 2.45) is 11.8 Å². The van der Waals surface area contributed by atoms with Crippen molar-refractivity contribution in [3.05, 3.63) is 24.3 Å². The third-order valence-corrected chi connectivity index (χ3v) is 8.58. The molecule has 4 aliphatic rings. The van der Waals surface area contributed by atoms with Crippen LogP contribution in [-0.2, 0) is 19.1 Å². The second-order valence-electron chi connectivity index (χ2n) is 9.88. The first-order valence-electron chi connectivity index (χ1n) is 11.1. The number of ether oxygens (including phenoxy) is 1. The van der Waals surface area contributed by atoms with Crippen LogP contribution in [0.1, 0.15) is 40.5 Å². The molecular weight excluding hydrogens is 416 g/mol. The predicted octanol–water partition coefficient (Wildman–Crippen LogP) is 1.75. The molecule has 0 aromatic carbocycles. The summed E-state index contributed by atoms with van der Waals surface area (Å²) in [4.78, 5) is 44.2. The number of aliphatic hydroxyl groups is 1. The maximum absolute atomic E-state index is 13.9. The van der Waals surface area contributed by atoms with Crippen LogP contribution in [0.2, 0.25) is 0 Å². The number of rotatable bonds is 2. The molecule has 6 atom stereocenters. The number of hydrogen-bond donors (Lipinski definition) is 1. The SMILES string of the molecule is C[C@H](CO)N1C(=O)[C@@H]2[C@H]3C(=O)OCCC/C=C\[C@H]3S[C@@]23C=CCN(C(C)(C)C)C(=O)C13. The number of likely N-dealkylation sites (tertiary alicyclic amines) is 1. The third kappa shape index (κ3) is 3.42. The van der Waals surface area contributed by atoms with Gasteiger partial charge in [0, 0.05) is 17.3 Å². The van der Waals surface area contributed by atoms with Gasteiger partial charge in [0.15, 0.2) is 0 Å². The number of nitrogens with zero attached hydrogens (tertiary/aromatic N) is 2. The number of allylic oxidation sites excluding steroid dienone is 1. The molecule has 4 heterocycles. The standard InChI is InChI=1S/C23H32N2O5S/c1-14(13-26)25-18-20(28)24(22(2,3)4)11-8-10-23(18)17(19(25)27)16-15(31-23)9-6-5-7-12-30-21(16)29/h6,8-10,14-18,26H,5,7,11-13H2,1-4H3/b9-6-/t14-,15-,16+,17+,18?,23+/m1/s1. The van der Waals surface area contributed by atoms with E-state index in [4.69, 9.17) is 4.74 Å². The number of carbonyl (C=O) groups excluding carboxylic acids is 3. The van der Waals surface area contributed by atoms with E-state index >= 15 is 0 Å². The van der Waals surface area contributed by atoms with E-state index in [1.165, 1.54) is 16.7 Å². The van der Waals surface area contributed by atoms with E-state index in [1.807, 2.05) is 39.0 Å². The molecule has 1 unspecified atom stereocenters. The number of thioether (sulfide) groups is 1. The van der Waals surface area contributed by atoms with E-state index in [-0.39, 0.29) is 29.6 Å². The van der Waals surface area contributed by atoms with Crippen molar-refractivity contribution in [1.82, 2.24) is 9.80 Å². The first-order chi connectivity index (χ1) is 14.6. The minimum absolute atomic E-state index is 0.134. The number of esters is 1. The molecule has 0 saturated carbocycles. The van der Waals surface area contributed by atoms with Crippen molar-refractivity contribution in [1.29, 1.82) is 0 Å². The molecule has 8 heteroatoms. The van der Waals surface area contributed by atoms with Crippen molar-refractivity contribution in [2.75, 3.05) is 19.8 Å². The summed E-state index contributed by atoms with van der Waals surface area (Å²) in [7, 11) is 0. The Balaban J connectivity index is 1.87. The van der Waals surface area contributed by atoms with Gasteiger partial charge >= 0.3 is 5.97 Å². The fourth-order valence-corrected chi connectivity index (χ4v) is 7.35. The van der Waals surface area contributed by atoms with Crippen LogP contribution >= 0.6 is 11.8 Å². The van der Waals surface area contributed by atoms with E-state index in [1.54, 1.807) is 11.8 Å². The molecule has 2 fully saturated rings. The fraction of sp³-hybridized carbons (Fsp3) is 0.696. The highest BCUT2D eigenvalue weighted by Gasteiger charge is 2.71. The van der Waals surface area contributed by atoms with Gasteiger partial charge in [-0.05, 0) is 40.5 Å². The number of hydrogen-bond acceptors (Lipinski definition) is 6. The summed E-state index contributed by atoms with van der Waals surface area (Å²) in [5, 5.41) is 9.67. The molecule has 1 spiro atoms. The normalized spacial score (nSPS) is 37.8. The lowest BCUT2D eigenvalue weighted by Gasteiger charge is -2.41. The Labute approximate surface area is 187 Å². The summed E-state index contributed by atoms with van der Waals surface area (Å²) in [6.45, 7) is 8.20. The molecule has 0 aromatic rings. The van der Waals surface area contributed by atoms with Gasteiger partial charge in [-0.1, -0.05) is 24.3 Å². The molecule has 0 aliphatic carbocycles. The predicted molar refractivity (Wildman–Crippen MR) is 118 cm³/mol. The number of carbonyl (C=O) groups is 3. The van der Waals surface area contributed by atoms with Gasteiger partial charge in [0.25, 0.3) is 0 Å². The van der Waals surface area contributed by atoms with E-state index in [9.17, 15) is 19.5 Å². The molecule has 0 bridgehead atoms. The Morgan fingerprint density at radius 3 is 2.68 bits per heavy atom. The molecule has 2 saturated heterocycles. The fourth-order valence-electron chi connectivity index (χ4n) is 5.36. The van der Waals surface area contributed by atoms with E-state index in [2.05, 4.69) is 6.08 Å². The summed E-state index contributed by atoms with van der Waals surface area (Å²) in [6.07, 6.45) is 9.59. The number of fused-ring (bicyclic) bond motifs is 2. The Kier molecular flexibility index (Phi) is 5.75. The second kappa shape index (κ2) is 7.96. The van der Waals surface area contributed by atoms with E-state index < -0.39 is 34.2 Å². The summed E-state index contributed by atoms with van der Waals surface area (Å²) in [6, 6.07) is -1.30. The summed E-state index contributed by atoms with van der Waals surface area (Å²) in [5.74, 6) is -2.09. The van der Waals surface area contributed by atoms with E-state index in [0.717, 1.165) is 12.8 Å². The number of aliphatic hydroxyl groups excluding tert-OH is 1. The van der Waals surface area contributed by atoms with Crippen molar-refractivity contribution in [3.8, 4) is 0 Å². The Hall–Kier alpha value is -1.80.